The molecule has 0 aliphatic rings. The van der Waals surface area contributed by atoms with Crippen molar-refractivity contribution in [3.8, 4) is 0 Å². The number of nitrogens with zero attached hydrogens (tertiary/aromatic N) is 1. The standard InChI is InChI=1S/C10H24N2O/c1-4-11-7-9-12(3)8-6-10-13-5-2/h11H,4-10H2,1-3H3. The molecule has 0 spiro atoms. The second-order valence-corrected chi connectivity index (χ2v) is 3.21. The number of hydrogen-bond donors (Lipinski definition) is 1. The normalized spacial score (nSPS) is 11.1. The van der Waals surface area contributed by atoms with E-state index in [1.54, 1.807) is 0 Å². The SMILES string of the molecule is CCNCCN(C)CCCOCC. The number of nitrogens with one attached hydrogen (secondary N) is 1. The van der Waals surface area contributed by atoms with Gasteiger partial charge in [-0.3, -0.25) is 0 Å². The molecule has 0 saturated carbocycles. The summed E-state index contributed by atoms with van der Waals surface area (Å²) in [5, 5.41) is 3.31. The van der Waals surface area contributed by atoms with E-state index in [0.717, 1.165) is 45.8 Å². The van der Waals surface area contributed by atoms with Crippen LogP contribution >= 0.6 is 0 Å². The van der Waals surface area contributed by atoms with Crippen LogP contribution in [0.15, 0.2) is 0 Å². The lowest BCUT2D eigenvalue weighted by Gasteiger charge is -2.16. The molecule has 0 amide bonds. The van der Waals surface area contributed by atoms with E-state index in [9.17, 15) is 0 Å². The molecule has 0 saturated heterocycles. The van der Waals surface area contributed by atoms with Gasteiger partial charge in [0, 0.05) is 32.8 Å². The molecule has 0 rings (SSSR count). The molecule has 3 heteroatoms. The monoisotopic (exact) mass is 188 g/mol. The fraction of sp³-hybridized carbons (Fsp3) is 1.00. The van der Waals surface area contributed by atoms with Gasteiger partial charge in [-0.05, 0) is 26.9 Å². The van der Waals surface area contributed by atoms with Crippen molar-refractivity contribution in [2.24, 2.45) is 0 Å². The second kappa shape index (κ2) is 9.96. The Morgan fingerprint density at radius 2 is 2.00 bits per heavy atom. The first-order chi connectivity index (χ1) is 6.31. The van der Waals surface area contributed by atoms with Gasteiger partial charge in [0.1, 0.15) is 0 Å². The predicted octanol–water partition coefficient (Wildman–Crippen LogP) is 0.954. The number of rotatable bonds is 9. The molecule has 0 aliphatic carbocycles. The molecular weight excluding hydrogens is 164 g/mol. The van der Waals surface area contributed by atoms with Crippen LogP contribution in [0.2, 0.25) is 0 Å². The van der Waals surface area contributed by atoms with Crippen molar-refractivity contribution >= 4 is 0 Å². The van der Waals surface area contributed by atoms with Crippen molar-refractivity contribution in [3.63, 3.8) is 0 Å². The largest absolute Gasteiger partial charge is 0.382 e. The Balaban J connectivity index is 3.05. The van der Waals surface area contributed by atoms with Crippen molar-refractivity contribution in [1.29, 1.82) is 0 Å². The van der Waals surface area contributed by atoms with Crippen LogP contribution in [0.4, 0.5) is 0 Å². The molecule has 3 nitrogen and oxygen atoms in total. The van der Waals surface area contributed by atoms with E-state index in [1.165, 1.54) is 0 Å². The molecule has 0 atom stereocenters. The summed E-state index contributed by atoms with van der Waals surface area (Å²) in [6.45, 7) is 10.3. The molecule has 0 aromatic heterocycles. The quantitative estimate of drug-likeness (QED) is 0.545. The molecule has 80 valence electrons. The summed E-state index contributed by atoms with van der Waals surface area (Å²) in [6, 6.07) is 0. The summed E-state index contributed by atoms with van der Waals surface area (Å²) in [4.78, 5) is 2.34. The van der Waals surface area contributed by atoms with Crippen LogP contribution in [0, 0.1) is 0 Å². The van der Waals surface area contributed by atoms with Gasteiger partial charge in [-0.2, -0.15) is 0 Å². The Bertz CT molecular complexity index is 98.9. The van der Waals surface area contributed by atoms with Gasteiger partial charge in [0.2, 0.25) is 0 Å². The Labute approximate surface area is 82.4 Å². The van der Waals surface area contributed by atoms with E-state index in [0.29, 0.717) is 0 Å². The summed E-state index contributed by atoms with van der Waals surface area (Å²) in [6.07, 6.45) is 1.14. The molecule has 0 radical (unpaired) electrons. The van der Waals surface area contributed by atoms with Crippen molar-refractivity contribution in [1.82, 2.24) is 10.2 Å². The van der Waals surface area contributed by atoms with Crippen LogP contribution in [0.3, 0.4) is 0 Å². The molecule has 13 heavy (non-hydrogen) atoms. The summed E-state index contributed by atoms with van der Waals surface area (Å²) in [7, 11) is 2.16. The summed E-state index contributed by atoms with van der Waals surface area (Å²) in [5.74, 6) is 0. The maximum Gasteiger partial charge on any atom is 0.0478 e. The van der Waals surface area contributed by atoms with E-state index >= 15 is 0 Å². The van der Waals surface area contributed by atoms with Crippen LogP contribution < -0.4 is 5.32 Å². The predicted molar refractivity (Wildman–Crippen MR) is 57.2 cm³/mol. The highest BCUT2D eigenvalue weighted by molar-refractivity contribution is 4.53. The molecule has 0 bridgehead atoms. The molecule has 1 N–H and O–H groups in total. The van der Waals surface area contributed by atoms with Crippen LogP contribution in [-0.4, -0.2) is 51.3 Å². The van der Waals surface area contributed by atoms with Crippen molar-refractivity contribution in [3.05, 3.63) is 0 Å². The van der Waals surface area contributed by atoms with Gasteiger partial charge in [-0.15, -0.1) is 0 Å². The summed E-state index contributed by atoms with van der Waals surface area (Å²) in [5.41, 5.74) is 0. The molecule has 0 aromatic carbocycles. The molecule has 0 aromatic rings. The van der Waals surface area contributed by atoms with Gasteiger partial charge in [0.15, 0.2) is 0 Å². The molecule has 0 unspecified atom stereocenters. The Morgan fingerprint density at radius 3 is 2.62 bits per heavy atom. The van der Waals surface area contributed by atoms with Crippen LogP contribution in [0.25, 0.3) is 0 Å². The maximum absolute atomic E-state index is 5.27. The van der Waals surface area contributed by atoms with Crippen molar-refractivity contribution < 1.29 is 4.74 Å². The third-order valence-corrected chi connectivity index (χ3v) is 1.95. The maximum atomic E-state index is 5.27. The van der Waals surface area contributed by atoms with Crippen LogP contribution in [0.1, 0.15) is 20.3 Å². The molecule has 0 fully saturated rings. The molecule has 0 aliphatic heterocycles. The third-order valence-electron chi connectivity index (χ3n) is 1.95. The minimum atomic E-state index is 0.834. The minimum Gasteiger partial charge on any atom is -0.382 e. The van der Waals surface area contributed by atoms with E-state index in [4.69, 9.17) is 4.74 Å². The van der Waals surface area contributed by atoms with Gasteiger partial charge >= 0.3 is 0 Å². The Hall–Kier alpha value is -0.120. The highest BCUT2D eigenvalue weighted by atomic mass is 16.5. The zero-order valence-corrected chi connectivity index (χ0v) is 9.31. The second-order valence-electron chi connectivity index (χ2n) is 3.21. The van der Waals surface area contributed by atoms with Gasteiger partial charge in [0.25, 0.3) is 0 Å². The van der Waals surface area contributed by atoms with Crippen LogP contribution in [-0.2, 0) is 4.74 Å². The fourth-order valence-electron chi connectivity index (χ4n) is 1.14. The Morgan fingerprint density at radius 1 is 1.23 bits per heavy atom. The zero-order chi connectivity index (χ0) is 9.94. The molecule has 0 heterocycles. The van der Waals surface area contributed by atoms with Gasteiger partial charge < -0.3 is 15.0 Å². The minimum absolute atomic E-state index is 0.834. The average molecular weight is 188 g/mol. The lowest BCUT2D eigenvalue weighted by atomic mass is 10.4. The van der Waals surface area contributed by atoms with Crippen LogP contribution in [0.5, 0.6) is 0 Å². The van der Waals surface area contributed by atoms with E-state index in [1.807, 2.05) is 6.92 Å². The van der Waals surface area contributed by atoms with Gasteiger partial charge in [0.05, 0.1) is 0 Å². The smallest absolute Gasteiger partial charge is 0.0478 e. The number of hydrogen-bond acceptors (Lipinski definition) is 3. The highest BCUT2D eigenvalue weighted by Gasteiger charge is 1.96. The first-order valence-corrected chi connectivity index (χ1v) is 5.28. The lowest BCUT2D eigenvalue weighted by Crippen LogP contribution is -2.30. The van der Waals surface area contributed by atoms with E-state index in [-0.39, 0.29) is 0 Å². The zero-order valence-electron chi connectivity index (χ0n) is 9.31. The molecular formula is C10H24N2O. The van der Waals surface area contributed by atoms with E-state index in [2.05, 4.69) is 24.2 Å². The van der Waals surface area contributed by atoms with E-state index < -0.39 is 0 Å². The Kier molecular flexibility index (Phi) is 9.87. The highest BCUT2D eigenvalue weighted by Crippen LogP contribution is 1.87. The van der Waals surface area contributed by atoms with Crippen molar-refractivity contribution in [2.45, 2.75) is 20.3 Å². The average Bonchev–Trinajstić information content (AvgIpc) is 2.13. The topological polar surface area (TPSA) is 24.5 Å². The number of ether oxygens (including phenoxy) is 1. The van der Waals surface area contributed by atoms with Gasteiger partial charge in [-0.1, -0.05) is 6.92 Å². The summed E-state index contributed by atoms with van der Waals surface area (Å²) >= 11 is 0. The number of likely N-dealkylation sites (N-methyl/N-ethyl adjacent to an activating group) is 2. The van der Waals surface area contributed by atoms with Gasteiger partial charge in [-0.25, -0.2) is 0 Å². The van der Waals surface area contributed by atoms with Crippen molar-refractivity contribution in [2.75, 3.05) is 46.4 Å². The fourth-order valence-corrected chi connectivity index (χ4v) is 1.14. The summed E-state index contributed by atoms with van der Waals surface area (Å²) < 4.78 is 5.27. The first kappa shape index (κ1) is 12.9. The third kappa shape index (κ3) is 9.80. The first-order valence-electron chi connectivity index (χ1n) is 5.28. The lowest BCUT2D eigenvalue weighted by molar-refractivity contribution is 0.135.